The zero-order chi connectivity index (χ0) is 18.2. The lowest BCUT2D eigenvalue weighted by molar-refractivity contribution is -0.139. The fraction of sp³-hybridized carbons (Fsp3) is 0.389. The van der Waals surface area contributed by atoms with Crippen molar-refractivity contribution in [2.24, 2.45) is 0 Å². The lowest BCUT2D eigenvalue weighted by atomic mass is 10.1. The molecule has 1 amide bonds. The topological polar surface area (TPSA) is 99.9 Å². The standard InChI is InChI=1S/C18H20N2O5/c1-2-24-16-10-13(5-6-15(16)25-12-17(21)22)9-14(11-19)18(23)20-7-3-4-8-20/h5-6,9-10H,2-4,7-8,12H2,1H3,(H,21,22)/b14-9+. The molecule has 1 fully saturated rings. The Morgan fingerprint density at radius 3 is 2.60 bits per heavy atom. The average Bonchev–Trinajstić information content (AvgIpc) is 3.13. The summed E-state index contributed by atoms with van der Waals surface area (Å²) in [6.45, 7) is 3.02. The van der Waals surface area contributed by atoms with E-state index in [0.29, 0.717) is 36.8 Å². The molecule has 1 aliphatic heterocycles. The van der Waals surface area contributed by atoms with E-state index in [0.717, 1.165) is 12.8 Å². The van der Waals surface area contributed by atoms with Crippen LogP contribution in [0.25, 0.3) is 6.08 Å². The van der Waals surface area contributed by atoms with Crippen LogP contribution in [0.15, 0.2) is 23.8 Å². The maximum atomic E-state index is 12.3. The second-order valence-corrected chi connectivity index (χ2v) is 5.49. The molecule has 1 saturated heterocycles. The molecule has 1 N–H and O–H groups in total. The van der Waals surface area contributed by atoms with Crippen LogP contribution in [0, 0.1) is 11.3 Å². The molecule has 1 heterocycles. The third-order valence-electron chi connectivity index (χ3n) is 3.67. The van der Waals surface area contributed by atoms with Gasteiger partial charge in [0.1, 0.15) is 11.6 Å². The maximum Gasteiger partial charge on any atom is 0.341 e. The number of nitriles is 1. The largest absolute Gasteiger partial charge is 0.490 e. The third kappa shape index (κ3) is 4.98. The summed E-state index contributed by atoms with van der Waals surface area (Å²) in [5, 5.41) is 18.0. The van der Waals surface area contributed by atoms with Crippen molar-refractivity contribution in [2.75, 3.05) is 26.3 Å². The lowest BCUT2D eigenvalue weighted by Crippen LogP contribution is -2.28. The molecule has 0 radical (unpaired) electrons. The molecule has 0 atom stereocenters. The Morgan fingerprint density at radius 2 is 2.00 bits per heavy atom. The Balaban J connectivity index is 2.24. The molecule has 1 aromatic carbocycles. The Morgan fingerprint density at radius 1 is 1.28 bits per heavy atom. The molecule has 7 heteroatoms. The average molecular weight is 344 g/mol. The van der Waals surface area contributed by atoms with Crippen LogP contribution in [-0.4, -0.2) is 48.2 Å². The highest BCUT2D eigenvalue weighted by Crippen LogP contribution is 2.29. The van der Waals surface area contributed by atoms with E-state index >= 15 is 0 Å². The first-order chi connectivity index (χ1) is 12.0. The van der Waals surface area contributed by atoms with Gasteiger partial charge >= 0.3 is 5.97 Å². The number of rotatable bonds is 7. The van der Waals surface area contributed by atoms with Gasteiger partial charge in [-0.15, -0.1) is 0 Å². The highest BCUT2D eigenvalue weighted by atomic mass is 16.5. The van der Waals surface area contributed by atoms with Crippen LogP contribution in [0.2, 0.25) is 0 Å². The van der Waals surface area contributed by atoms with Crippen LogP contribution in [0.3, 0.4) is 0 Å². The fourth-order valence-corrected chi connectivity index (χ4v) is 2.54. The second-order valence-electron chi connectivity index (χ2n) is 5.49. The van der Waals surface area contributed by atoms with E-state index in [4.69, 9.17) is 14.6 Å². The lowest BCUT2D eigenvalue weighted by Gasteiger charge is -2.14. The smallest absolute Gasteiger partial charge is 0.341 e. The van der Waals surface area contributed by atoms with E-state index in [-0.39, 0.29) is 11.5 Å². The van der Waals surface area contributed by atoms with Gasteiger partial charge in [-0.1, -0.05) is 6.07 Å². The number of aliphatic carboxylic acids is 1. The first kappa shape index (κ1) is 18.3. The third-order valence-corrected chi connectivity index (χ3v) is 3.67. The zero-order valence-electron chi connectivity index (χ0n) is 14.0. The van der Waals surface area contributed by atoms with Crippen LogP contribution in [-0.2, 0) is 9.59 Å². The number of hydrogen-bond acceptors (Lipinski definition) is 5. The Labute approximate surface area is 146 Å². The molecule has 1 aliphatic rings. The van der Waals surface area contributed by atoms with Gasteiger partial charge in [-0.25, -0.2) is 4.79 Å². The summed E-state index contributed by atoms with van der Waals surface area (Å²) in [5.41, 5.74) is 0.666. The maximum absolute atomic E-state index is 12.3. The highest BCUT2D eigenvalue weighted by molar-refractivity contribution is 6.01. The van der Waals surface area contributed by atoms with E-state index in [2.05, 4.69) is 0 Å². The molecule has 0 unspecified atom stereocenters. The Kier molecular flexibility index (Phi) is 6.40. The summed E-state index contributed by atoms with van der Waals surface area (Å²) in [6, 6.07) is 6.79. The van der Waals surface area contributed by atoms with Crippen LogP contribution < -0.4 is 9.47 Å². The monoisotopic (exact) mass is 344 g/mol. The zero-order valence-corrected chi connectivity index (χ0v) is 14.0. The van der Waals surface area contributed by atoms with Gasteiger partial charge in [0.25, 0.3) is 5.91 Å². The summed E-state index contributed by atoms with van der Waals surface area (Å²) < 4.78 is 10.6. The van der Waals surface area contributed by atoms with Gasteiger partial charge in [-0.2, -0.15) is 5.26 Å². The molecule has 0 aromatic heterocycles. The SMILES string of the molecule is CCOc1cc(/C=C(\C#N)C(=O)N2CCCC2)ccc1OCC(=O)O. The number of carbonyl (C=O) groups excluding carboxylic acids is 1. The Bertz CT molecular complexity index is 715. The number of carbonyl (C=O) groups is 2. The molecule has 0 bridgehead atoms. The van der Waals surface area contributed by atoms with Crippen molar-refractivity contribution in [1.82, 2.24) is 4.90 Å². The first-order valence-corrected chi connectivity index (χ1v) is 8.07. The quantitative estimate of drug-likeness (QED) is 0.600. The number of hydrogen-bond donors (Lipinski definition) is 1. The van der Waals surface area contributed by atoms with Crippen LogP contribution >= 0.6 is 0 Å². The Hall–Kier alpha value is -3.01. The minimum atomic E-state index is -1.09. The molecule has 25 heavy (non-hydrogen) atoms. The van der Waals surface area contributed by atoms with Crippen molar-refractivity contribution in [3.8, 4) is 17.6 Å². The van der Waals surface area contributed by atoms with E-state index < -0.39 is 12.6 Å². The van der Waals surface area contributed by atoms with E-state index in [1.807, 2.05) is 6.07 Å². The van der Waals surface area contributed by atoms with Gasteiger partial charge in [-0.3, -0.25) is 4.79 Å². The summed E-state index contributed by atoms with van der Waals surface area (Å²) in [5.74, 6) is -0.701. The first-order valence-electron chi connectivity index (χ1n) is 8.07. The van der Waals surface area contributed by atoms with Gasteiger partial charge in [0, 0.05) is 13.1 Å². The molecule has 0 aliphatic carbocycles. The van der Waals surface area contributed by atoms with Crippen molar-refractivity contribution in [1.29, 1.82) is 5.26 Å². The number of carboxylic acid groups (broad SMARTS) is 1. The van der Waals surface area contributed by atoms with Crippen LogP contribution in [0.5, 0.6) is 11.5 Å². The number of carboxylic acids is 1. The van der Waals surface area contributed by atoms with E-state index in [9.17, 15) is 14.9 Å². The second kappa shape index (κ2) is 8.73. The van der Waals surface area contributed by atoms with E-state index in [1.54, 1.807) is 30.0 Å². The molecular formula is C18H20N2O5. The summed E-state index contributed by atoms with van der Waals surface area (Å²) in [6.07, 6.45) is 3.41. The van der Waals surface area contributed by atoms with Crippen molar-refractivity contribution in [2.45, 2.75) is 19.8 Å². The molecular weight excluding hydrogens is 324 g/mol. The van der Waals surface area contributed by atoms with Crippen molar-refractivity contribution in [3.63, 3.8) is 0 Å². The van der Waals surface area contributed by atoms with Crippen molar-refractivity contribution in [3.05, 3.63) is 29.3 Å². The molecule has 2 rings (SSSR count). The number of benzene rings is 1. The summed E-state index contributed by atoms with van der Waals surface area (Å²) in [7, 11) is 0. The molecule has 7 nitrogen and oxygen atoms in total. The number of nitrogens with zero attached hydrogens (tertiary/aromatic N) is 2. The normalized spacial score (nSPS) is 14.1. The van der Waals surface area contributed by atoms with Gasteiger partial charge in [-0.05, 0) is 43.5 Å². The van der Waals surface area contributed by atoms with Gasteiger partial charge in [0.05, 0.1) is 6.61 Å². The predicted molar refractivity (Wildman–Crippen MR) is 90.1 cm³/mol. The highest BCUT2D eigenvalue weighted by Gasteiger charge is 2.21. The molecule has 1 aromatic rings. The fourth-order valence-electron chi connectivity index (χ4n) is 2.54. The van der Waals surface area contributed by atoms with Gasteiger partial charge in [0.2, 0.25) is 0 Å². The number of likely N-dealkylation sites (tertiary alicyclic amines) is 1. The van der Waals surface area contributed by atoms with E-state index in [1.165, 1.54) is 6.08 Å². The predicted octanol–water partition coefficient (Wildman–Crippen LogP) is 2.08. The van der Waals surface area contributed by atoms with Crippen molar-refractivity contribution < 1.29 is 24.2 Å². The van der Waals surface area contributed by atoms with Crippen LogP contribution in [0.1, 0.15) is 25.3 Å². The van der Waals surface area contributed by atoms with Crippen LogP contribution in [0.4, 0.5) is 0 Å². The van der Waals surface area contributed by atoms with Crippen molar-refractivity contribution >= 4 is 18.0 Å². The summed E-state index contributed by atoms with van der Waals surface area (Å²) >= 11 is 0. The number of amides is 1. The minimum absolute atomic E-state index is 0.0588. The molecule has 0 spiro atoms. The van der Waals surface area contributed by atoms with Gasteiger partial charge < -0.3 is 19.5 Å². The molecule has 0 saturated carbocycles. The number of ether oxygens (including phenoxy) is 2. The minimum Gasteiger partial charge on any atom is -0.490 e. The molecule has 132 valence electrons. The van der Waals surface area contributed by atoms with Gasteiger partial charge in [0.15, 0.2) is 18.1 Å². The summed E-state index contributed by atoms with van der Waals surface area (Å²) in [4.78, 5) is 24.7.